The van der Waals surface area contributed by atoms with Gasteiger partial charge in [-0.05, 0) is 22.3 Å². The highest BCUT2D eigenvalue weighted by atomic mass is 15.2. The SMILES string of the molecule is c1ccc([C@H]2N=C(CNCC3=N[C@@H](c4ccccc4)[C@@H](c4ccccc4)N3)N[C@H]2c2ccccc2)cc1. The van der Waals surface area contributed by atoms with Gasteiger partial charge in [-0.25, -0.2) is 0 Å². The number of benzene rings is 4. The summed E-state index contributed by atoms with van der Waals surface area (Å²) in [5, 5.41) is 10.9. The summed E-state index contributed by atoms with van der Waals surface area (Å²) in [6.45, 7) is 1.30. The average molecular weight is 486 g/mol. The van der Waals surface area contributed by atoms with Crippen molar-refractivity contribution < 1.29 is 0 Å². The Morgan fingerprint density at radius 2 is 0.784 bits per heavy atom. The number of nitrogens with one attached hydrogen (secondary N) is 3. The van der Waals surface area contributed by atoms with Crippen LogP contribution in [0.25, 0.3) is 0 Å². The van der Waals surface area contributed by atoms with Crippen LogP contribution in [0.1, 0.15) is 46.4 Å². The van der Waals surface area contributed by atoms with Crippen molar-refractivity contribution in [3.63, 3.8) is 0 Å². The van der Waals surface area contributed by atoms with E-state index in [4.69, 9.17) is 9.98 Å². The van der Waals surface area contributed by atoms with E-state index >= 15 is 0 Å². The zero-order chi connectivity index (χ0) is 24.9. The maximum absolute atomic E-state index is 5.09. The maximum atomic E-state index is 5.09. The van der Waals surface area contributed by atoms with Crippen molar-refractivity contribution >= 4 is 11.7 Å². The lowest BCUT2D eigenvalue weighted by molar-refractivity contribution is 0.570. The third-order valence-corrected chi connectivity index (χ3v) is 7.05. The molecule has 0 bridgehead atoms. The van der Waals surface area contributed by atoms with Crippen molar-refractivity contribution in [2.24, 2.45) is 9.98 Å². The molecule has 2 heterocycles. The van der Waals surface area contributed by atoms with Gasteiger partial charge in [0.2, 0.25) is 0 Å². The molecule has 0 aliphatic carbocycles. The predicted molar refractivity (Wildman–Crippen MR) is 151 cm³/mol. The summed E-state index contributed by atoms with van der Waals surface area (Å²) < 4.78 is 0. The minimum Gasteiger partial charge on any atom is -0.363 e. The second-order valence-electron chi connectivity index (χ2n) is 9.53. The molecule has 0 unspecified atom stereocenters. The molecule has 0 spiro atoms. The molecule has 5 nitrogen and oxygen atoms in total. The van der Waals surface area contributed by atoms with Gasteiger partial charge in [0, 0.05) is 0 Å². The predicted octanol–water partition coefficient (Wildman–Crippen LogP) is 5.54. The first-order chi connectivity index (χ1) is 18.3. The van der Waals surface area contributed by atoms with Crippen LogP contribution in [0.2, 0.25) is 0 Å². The van der Waals surface area contributed by atoms with Crippen LogP contribution in [-0.2, 0) is 0 Å². The first-order valence-corrected chi connectivity index (χ1v) is 12.9. The Bertz CT molecular complexity index is 1250. The van der Waals surface area contributed by atoms with Gasteiger partial charge in [0.15, 0.2) is 0 Å². The smallest absolute Gasteiger partial charge is 0.112 e. The van der Waals surface area contributed by atoms with Crippen LogP contribution in [0.4, 0.5) is 0 Å². The van der Waals surface area contributed by atoms with Crippen LogP contribution in [-0.4, -0.2) is 24.8 Å². The van der Waals surface area contributed by atoms with E-state index in [9.17, 15) is 0 Å². The van der Waals surface area contributed by atoms with E-state index < -0.39 is 0 Å². The Balaban J connectivity index is 1.15. The highest BCUT2D eigenvalue weighted by molar-refractivity contribution is 5.89. The number of amidine groups is 2. The summed E-state index contributed by atoms with van der Waals surface area (Å²) >= 11 is 0. The monoisotopic (exact) mass is 485 g/mol. The number of hydrogen-bond donors (Lipinski definition) is 3. The largest absolute Gasteiger partial charge is 0.363 e. The van der Waals surface area contributed by atoms with E-state index in [0.717, 1.165) is 11.7 Å². The molecule has 184 valence electrons. The lowest BCUT2D eigenvalue weighted by Crippen LogP contribution is -2.38. The summed E-state index contributed by atoms with van der Waals surface area (Å²) in [4.78, 5) is 10.2. The van der Waals surface area contributed by atoms with E-state index in [0.29, 0.717) is 13.1 Å². The molecule has 0 saturated carbocycles. The third-order valence-electron chi connectivity index (χ3n) is 7.05. The number of rotatable bonds is 8. The van der Waals surface area contributed by atoms with E-state index in [1.807, 2.05) is 0 Å². The van der Waals surface area contributed by atoms with E-state index in [2.05, 4.69) is 137 Å². The van der Waals surface area contributed by atoms with Crippen LogP contribution < -0.4 is 16.0 Å². The molecule has 4 aromatic carbocycles. The topological polar surface area (TPSA) is 60.8 Å². The summed E-state index contributed by atoms with van der Waals surface area (Å²) in [6.07, 6.45) is 0. The Morgan fingerprint density at radius 1 is 0.459 bits per heavy atom. The molecule has 4 atom stereocenters. The van der Waals surface area contributed by atoms with E-state index in [1.165, 1.54) is 22.3 Å². The standard InChI is InChI=1S/C32H31N5/c1-5-13-23(14-6-1)29-30(24-15-7-2-8-16-24)35-27(34-29)21-33-22-28-36-31(25-17-9-3-10-18-25)32(37-28)26-19-11-4-12-20-26/h1-20,29-33H,21-22H2,(H,34,35)(H,36,37)/t29-,30+,31-,32+. The van der Waals surface area contributed by atoms with Gasteiger partial charge < -0.3 is 16.0 Å². The first kappa shape index (κ1) is 23.2. The van der Waals surface area contributed by atoms with Gasteiger partial charge in [0.05, 0.1) is 25.2 Å². The Hall–Kier alpha value is -4.22. The molecule has 3 N–H and O–H groups in total. The fourth-order valence-electron chi connectivity index (χ4n) is 5.26. The van der Waals surface area contributed by atoms with Crippen LogP contribution >= 0.6 is 0 Å². The first-order valence-electron chi connectivity index (χ1n) is 12.9. The van der Waals surface area contributed by atoms with Gasteiger partial charge in [-0.1, -0.05) is 121 Å². The molecule has 0 radical (unpaired) electrons. The molecular weight excluding hydrogens is 454 g/mol. The molecule has 37 heavy (non-hydrogen) atoms. The summed E-state index contributed by atoms with van der Waals surface area (Å²) in [7, 11) is 0. The van der Waals surface area contributed by atoms with Gasteiger partial charge in [-0.15, -0.1) is 0 Å². The van der Waals surface area contributed by atoms with Gasteiger partial charge in [-0.3, -0.25) is 9.98 Å². The van der Waals surface area contributed by atoms with Crippen molar-refractivity contribution in [2.45, 2.75) is 24.2 Å². The molecule has 0 aromatic heterocycles. The Kier molecular flexibility index (Phi) is 6.78. The van der Waals surface area contributed by atoms with Crippen LogP contribution in [0.15, 0.2) is 131 Å². The zero-order valence-electron chi connectivity index (χ0n) is 20.7. The summed E-state index contributed by atoms with van der Waals surface area (Å²) in [5.74, 6) is 1.95. The quantitative estimate of drug-likeness (QED) is 0.307. The van der Waals surface area contributed by atoms with Crippen molar-refractivity contribution in [3.8, 4) is 0 Å². The molecule has 2 aliphatic heterocycles. The lowest BCUT2D eigenvalue weighted by Gasteiger charge is -2.20. The van der Waals surface area contributed by atoms with Crippen LogP contribution in [0.5, 0.6) is 0 Å². The third kappa shape index (κ3) is 5.18. The normalized spacial score (nSPS) is 22.6. The molecule has 6 rings (SSSR count). The molecule has 5 heteroatoms. The van der Waals surface area contributed by atoms with Crippen molar-refractivity contribution in [2.75, 3.05) is 13.1 Å². The van der Waals surface area contributed by atoms with Crippen molar-refractivity contribution in [1.29, 1.82) is 0 Å². The van der Waals surface area contributed by atoms with Gasteiger partial charge in [-0.2, -0.15) is 0 Å². The second-order valence-corrected chi connectivity index (χ2v) is 9.53. The fourth-order valence-corrected chi connectivity index (χ4v) is 5.26. The second kappa shape index (κ2) is 10.8. The van der Waals surface area contributed by atoms with Gasteiger partial charge in [0.1, 0.15) is 23.8 Å². The number of aliphatic imine (C=N–C) groups is 2. The molecule has 0 fully saturated rings. The number of hydrogen-bond acceptors (Lipinski definition) is 5. The summed E-state index contributed by atoms with van der Waals surface area (Å²) in [6, 6.07) is 42.6. The van der Waals surface area contributed by atoms with Crippen molar-refractivity contribution in [3.05, 3.63) is 144 Å². The lowest BCUT2D eigenvalue weighted by atomic mass is 9.95. The Morgan fingerprint density at radius 3 is 1.14 bits per heavy atom. The molecule has 4 aromatic rings. The van der Waals surface area contributed by atoms with Gasteiger partial charge >= 0.3 is 0 Å². The van der Waals surface area contributed by atoms with Crippen LogP contribution in [0, 0.1) is 0 Å². The van der Waals surface area contributed by atoms with Gasteiger partial charge in [0.25, 0.3) is 0 Å². The molecular formula is C32H31N5. The molecule has 2 aliphatic rings. The zero-order valence-corrected chi connectivity index (χ0v) is 20.7. The van der Waals surface area contributed by atoms with E-state index in [-0.39, 0.29) is 24.2 Å². The van der Waals surface area contributed by atoms with Crippen LogP contribution in [0.3, 0.4) is 0 Å². The highest BCUT2D eigenvalue weighted by Crippen LogP contribution is 2.37. The fraction of sp³-hybridized carbons (Fsp3) is 0.188. The number of nitrogens with zero attached hydrogens (tertiary/aromatic N) is 2. The molecule has 0 saturated heterocycles. The summed E-state index contributed by atoms with van der Waals surface area (Å²) in [5.41, 5.74) is 4.93. The maximum Gasteiger partial charge on any atom is 0.112 e. The minimum absolute atomic E-state index is 0.0484. The van der Waals surface area contributed by atoms with Crippen molar-refractivity contribution in [1.82, 2.24) is 16.0 Å². The van der Waals surface area contributed by atoms with E-state index in [1.54, 1.807) is 0 Å². The Labute approximate surface area is 218 Å². The minimum atomic E-state index is 0.0484. The average Bonchev–Trinajstić information content (AvgIpc) is 3.60. The highest BCUT2D eigenvalue weighted by Gasteiger charge is 2.32. The molecule has 0 amide bonds.